The van der Waals surface area contributed by atoms with Gasteiger partial charge in [0, 0.05) is 50.7 Å². The highest BCUT2D eigenvalue weighted by atomic mass is 32.2. The Morgan fingerprint density at radius 1 is 1.09 bits per heavy atom. The van der Waals surface area contributed by atoms with Crippen molar-refractivity contribution in [3.8, 4) is 5.75 Å². The van der Waals surface area contributed by atoms with Crippen LogP contribution in [0.3, 0.4) is 0 Å². The predicted octanol–water partition coefficient (Wildman–Crippen LogP) is 2.26. The lowest BCUT2D eigenvalue weighted by molar-refractivity contribution is -0.144. The van der Waals surface area contributed by atoms with Gasteiger partial charge >= 0.3 is 5.97 Å². The third-order valence-corrected chi connectivity index (χ3v) is 7.25. The first-order valence-corrected chi connectivity index (χ1v) is 13.3. The molecule has 186 valence electrons. The molecule has 1 N–H and O–H groups in total. The molecule has 10 heteroatoms. The van der Waals surface area contributed by atoms with E-state index >= 15 is 0 Å². The summed E-state index contributed by atoms with van der Waals surface area (Å²) >= 11 is 0. The van der Waals surface area contributed by atoms with Crippen LogP contribution in [0.4, 0.5) is 5.69 Å². The number of para-hydroxylation sites is 1. The van der Waals surface area contributed by atoms with E-state index in [9.17, 15) is 13.2 Å². The number of nitrogens with one attached hydrogen (secondary N) is 1. The topological polar surface area (TPSA) is 101 Å². The Morgan fingerprint density at radius 3 is 2.38 bits per heavy atom. The van der Waals surface area contributed by atoms with Gasteiger partial charge in [-0.15, -0.1) is 0 Å². The zero-order valence-electron chi connectivity index (χ0n) is 19.8. The summed E-state index contributed by atoms with van der Waals surface area (Å²) in [7, 11) is -2.37. The van der Waals surface area contributed by atoms with Crippen LogP contribution in [0.25, 0.3) is 0 Å². The van der Waals surface area contributed by atoms with Crippen molar-refractivity contribution in [2.24, 2.45) is 0 Å². The first kappa shape index (κ1) is 25.9. The van der Waals surface area contributed by atoms with E-state index in [4.69, 9.17) is 9.47 Å². The molecule has 0 spiro atoms. The van der Waals surface area contributed by atoms with Gasteiger partial charge in [0.05, 0.1) is 12.9 Å². The number of sulfonamides is 1. The van der Waals surface area contributed by atoms with Gasteiger partial charge in [-0.1, -0.05) is 31.5 Å². The van der Waals surface area contributed by atoms with Crippen LogP contribution in [0, 0.1) is 0 Å². The van der Waals surface area contributed by atoms with E-state index < -0.39 is 28.3 Å². The number of hydrogen-bond acceptors (Lipinski definition) is 8. The number of esters is 1. The number of unbranched alkanes of at least 4 members (excludes halogenated alkanes) is 1. The standard InChI is InChI=1S/C24H34N4O5S/c1-3-4-18-34(30,31)26-22(24(29)32-2)19-23(33-21-8-6-5-7-9-21)28-16-14-27(15-17-28)20-10-12-25-13-11-20/h5-13,22-23,26H,3-4,14-19H2,1-2H3. The minimum atomic E-state index is -3.63. The maximum Gasteiger partial charge on any atom is 0.324 e. The van der Waals surface area contributed by atoms with Gasteiger partial charge in [-0.2, -0.15) is 0 Å². The number of aromatic nitrogens is 1. The van der Waals surface area contributed by atoms with Crippen molar-refractivity contribution in [1.82, 2.24) is 14.6 Å². The molecule has 1 aromatic carbocycles. The van der Waals surface area contributed by atoms with Crippen molar-refractivity contribution in [2.75, 3.05) is 43.9 Å². The summed E-state index contributed by atoms with van der Waals surface area (Å²) in [5.74, 6) is -0.00935. The lowest BCUT2D eigenvalue weighted by atomic mass is 10.1. The van der Waals surface area contributed by atoms with Crippen LogP contribution in [-0.4, -0.2) is 75.6 Å². The molecule has 1 aromatic heterocycles. The van der Waals surface area contributed by atoms with E-state index in [1.54, 1.807) is 12.4 Å². The monoisotopic (exact) mass is 490 g/mol. The molecule has 1 fully saturated rings. The van der Waals surface area contributed by atoms with Crippen LogP contribution in [-0.2, 0) is 19.6 Å². The van der Waals surface area contributed by atoms with Gasteiger partial charge in [0.2, 0.25) is 10.0 Å². The quantitative estimate of drug-likeness (QED) is 0.452. The fraction of sp³-hybridized carbons (Fsp3) is 0.500. The van der Waals surface area contributed by atoms with Crippen LogP contribution in [0.15, 0.2) is 54.9 Å². The highest BCUT2D eigenvalue weighted by Crippen LogP contribution is 2.21. The van der Waals surface area contributed by atoms with Gasteiger partial charge in [0.1, 0.15) is 11.8 Å². The van der Waals surface area contributed by atoms with Crippen molar-refractivity contribution in [3.05, 3.63) is 54.9 Å². The molecule has 0 bridgehead atoms. The van der Waals surface area contributed by atoms with Gasteiger partial charge in [-0.3, -0.25) is 14.7 Å². The van der Waals surface area contributed by atoms with E-state index in [1.165, 1.54) is 7.11 Å². The van der Waals surface area contributed by atoms with Crippen LogP contribution >= 0.6 is 0 Å². The molecule has 2 unspecified atom stereocenters. The number of ether oxygens (including phenoxy) is 2. The van der Waals surface area contributed by atoms with E-state index in [-0.39, 0.29) is 12.2 Å². The maximum absolute atomic E-state index is 12.6. The zero-order valence-corrected chi connectivity index (χ0v) is 20.6. The number of piperazine rings is 1. The molecular weight excluding hydrogens is 456 g/mol. The Kier molecular flexibility index (Phi) is 9.67. The van der Waals surface area contributed by atoms with Gasteiger partial charge in [0.15, 0.2) is 6.23 Å². The molecule has 3 rings (SSSR count). The Morgan fingerprint density at radius 2 is 1.76 bits per heavy atom. The van der Waals surface area contributed by atoms with Gasteiger partial charge in [0.25, 0.3) is 0 Å². The molecule has 2 aromatic rings. The fourth-order valence-electron chi connectivity index (χ4n) is 3.90. The van der Waals surface area contributed by atoms with Gasteiger partial charge in [-0.25, -0.2) is 13.1 Å². The Balaban J connectivity index is 1.75. The maximum atomic E-state index is 12.6. The second-order valence-electron chi connectivity index (χ2n) is 8.22. The lowest BCUT2D eigenvalue weighted by Crippen LogP contribution is -2.55. The van der Waals surface area contributed by atoms with Crippen LogP contribution in [0.5, 0.6) is 5.75 Å². The molecule has 2 heterocycles. The summed E-state index contributed by atoms with van der Waals surface area (Å²) in [4.78, 5) is 21.0. The number of carbonyl (C=O) groups is 1. The van der Waals surface area contributed by atoms with Crippen molar-refractivity contribution in [1.29, 1.82) is 0 Å². The lowest BCUT2D eigenvalue weighted by Gasteiger charge is -2.40. The van der Waals surface area contributed by atoms with E-state index in [1.807, 2.05) is 49.4 Å². The van der Waals surface area contributed by atoms with Crippen molar-refractivity contribution >= 4 is 21.7 Å². The number of rotatable bonds is 12. The van der Waals surface area contributed by atoms with Gasteiger partial charge < -0.3 is 14.4 Å². The summed E-state index contributed by atoms with van der Waals surface area (Å²) in [6, 6.07) is 12.3. The molecule has 0 aliphatic carbocycles. The van der Waals surface area contributed by atoms with Crippen molar-refractivity contribution in [3.63, 3.8) is 0 Å². The first-order valence-electron chi connectivity index (χ1n) is 11.6. The molecule has 0 amide bonds. The van der Waals surface area contributed by atoms with E-state index in [0.29, 0.717) is 25.3 Å². The Bertz CT molecular complexity index is 983. The van der Waals surface area contributed by atoms with Crippen LogP contribution in [0.2, 0.25) is 0 Å². The Labute approximate surface area is 202 Å². The van der Waals surface area contributed by atoms with Crippen LogP contribution < -0.4 is 14.4 Å². The number of methoxy groups -OCH3 is 1. The average molecular weight is 491 g/mol. The zero-order chi connectivity index (χ0) is 24.4. The molecule has 34 heavy (non-hydrogen) atoms. The highest BCUT2D eigenvalue weighted by Gasteiger charge is 2.33. The largest absolute Gasteiger partial charge is 0.475 e. The molecule has 1 saturated heterocycles. The molecule has 9 nitrogen and oxygen atoms in total. The minimum Gasteiger partial charge on any atom is -0.475 e. The fourth-order valence-corrected chi connectivity index (χ4v) is 5.31. The molecule has 1 aliphatic rings. The average Bonchev–Trinajstić information content (AvgIpc) is 2.87. The molecular formula is C24H34N4O5S. The molecule has 1 aliphatic heterocycles. The predicted molar refractivity (Wildman–Crippen MR) is 131 cm³/mol. The molecule has 2 atom stereocenters. The SMILES string of the molecule is CCCCS(=O)(=O)NC(CC(Oc1ccccc1)N1CCN(c2ccncc2)CC1)C(=O)OC. The van der Waals surface area contributed by atoms with Crippen molar-refractivity contribution < 1.29 is 22.7 Å². The summed E-state index contributed by atoms with van der Waals surface area (Å²) in [6.45, 7) is 4.84. The number of carbonyl (C=O) groups excluding carboxylic acids is 1. The minimum absolute atomic E-state index is 0.0359. The van der Waals surface area contributed by atoms with E-state index in [2.05, 4.69) is 19.5 Å². The summed E-state index contributed by atoms with van der Waals surface area (Å²) in [6.07, 6.45) is 4.42. The third kappa shape index (κ3) is 7.68. The second kappa shape index (κ2) is 12.7. The van der Waals surface area contributed by atoms with E-state index in [0.717, 1.165) is 25.2 Å². The number of hydrogen-bond donors (Lipinski definition) is 1. The summed E-state index contributed by atoms with van der Waals surface area (Å²) in [5, 5.41) is 0. The second-order valence-corrected chi connectivity index (χ2v) is 10.1. The smallest absolute Gasteiger partial charge is 0.324 e. The third-order valence-electron chi connectivity index (χ3n) is 5.78. The van der Waals surface area contributed by atoms with Crippen LogP contribution in [0.1, 0.15) is 26.2 Å². The Hall–Kier alpha value is -2.69. The normalized spacial score (nSPS) is 16.6. The number of anilines is 1. The number of nitrogens with zero attached hydrogens (tertiary/aromatic N) is 3. The van der Waals surface area contributed by atoms with Crippen molar-refractivity contribution in [2.45, 2.75) is 38.5 Å². The summed E-state index contributed by atoms with van der Waals surface area (Å²) < 4.78 is 38.8. The highest BCUT2D eigenvalue weighted by molar-refractivity contribution is 7.89. The number of pyridine rings is 1. The molecule has 0 saturated carbocycles. The molecule has 0 radical (unpaired) electrons. The van der Waals surface area contributed by atoms with Gasteiger partial charge in [-0.05, 0) is 30.7 Å². The summed E-state index contributed by atoms with van der Waals surface area (Å²) in [5.41, 5.74) is 1.10. The first-order chi connectivity index (χ1) is 16.4. The number of benzene rings is 1.